The van der Waals surface area contributed by atoms with Crippen molar-refractivity contribution in [1.82, 2.24) is 5.32 Å². The average molecular weight is 543 g/mol. The van der Waals surface area contributed by atoms with E-state index in [2.05, 4.69) is 22.0 Å². The van der Waals surface area contributed by atoms with Gasteiger partial charge >= 0.3 is 0 Å². The SMILES string of the molecule is CC1=C(C(=O)Nc2ccccc2)C(c2ccccc2Cl)C(C#N)=C(SCC(=O)Nc2ccc(C)c(C)c2)N1. The summed E-state index contributed by atoms with van der Waals surface area (Å²) >= 11 is 7.78. The normalized spacial score (nSPS) is 15.0. The molecule has 192 valence electrons. The maximum Gasteiger partial charge on any atom is 0.254 e. The Kier molecular flexibility index (Phi) is 8.57. The van der Waals surface area contributed by atoms with Crippen molar-refractivity contribution in [2.75, 3.05) is 16.4 Å². The van der Waals surface area contributed by atoms with Gasteiger partial charge in [0.05, 0.1) is 28.3 Å². The molecule has 1 aliphatic heterocycles. The van der Waals surface area contributed by atoms with Gasteiger partial charge in [0.2, 0.25) is 5.91 Å². The van der Waals surface area contributed by atoms with Crippen LogP contribution in [-0.2, 0) is 9.59 Å². The summed E-state index contributed by atoms with van der Waals surface area (Å²) in [4.78, 5) is 26.3. The maximum absolute atomic E-state index is 13.5. The van der Waals surface area contributed by atoms with E-state index < -0.39 is 5.92 Å². The molecule has 4 rings (SSSR count). The van der Waals surface area contributed by atoms with Crippen molar-refractivity contribution in [2.24, 2.45) is 0 Å². The number of benzene rings is 3. The Bertz CT molecular complexity index is 1490. The third-order valence-corrected chi connectivity index (χ3v) is 7.64. The van der Waals surface area contributed by atoms with Gasteiger partial charge in [0.25, 0.3) is 5.91 Å². The molecule has 0 radical (unpaired) electrons. The zero-order valence-corrected chi connectivity index (χ0v) is 22.8. The molecule has 3 aromatic rings. The second-order valence-corrected chi connectivity index (χ2v) is 10.3. The lowest BCUT2D eigenvalue weighted by Crippen LogP contribution is -2.31. The number of thioether (sulfide) groups is 1. The summed E-state index contributed by atoms with van der Waals surface area (Å²) in [6.07, 6.45) is 0. The van der Waals surface area contributed by atoms with Gasteiger partial charge in [0.15, 0.2) is 0 Å². The fourth-order valence-corrected chi connectivity index (χ4v) is 5.36. The van der Waals surface area contributed by atoms with Crippen LogP contribution in [0.25, 0.3) is 0 Å². The van der Waals surface area contributed by atoms with Crippen molar-refractivity contribution in [3.8, 4) is 6.07 Å². The number of para-hydroxylation sites is 1. The van der Waals surface area contributed by atoms with Crippen LogP contribution in [0.2, 0.25) is 5.02 Å². The smallest absolute Gasteiger partial charge is 0.254 e. The molecule has 38 heavy (non-hydrogen) atoms. The molecule has 0 spiro atoms. The van der Waals surface area contributed by atoms with E-state index in [1.807, 2.05) is 62.4 Å². The number of carbonyl (C=O) groups excluding carboxylic acids is 2. The first-order valence-electron chi connectivity index (χ1n) is 12.0. The van der Waals surface area contributed by atoms with E-state index in [-0.39, 0.29) is 17.6 Å². The van der Waals surface area contributed by atoms with E-state index in [0.717, 1.165) is 16.8 Å². The standard InChI is InChI=1S/C30H27ClN4O2S/c1-18-13-14-22(15-19(18)2)34-26(36)17-38-30-24(16-32)28(23-11-7-8-12-25(23)31)27(20(3)33-30)29(37)35-21-9-5-4-6-10-21/h4-15,28,33H,17H2,1-3H3,(H,34,36)(H,35,37). The molecule has 3 aromatic carbocycles. The maximum atomic E-state index is 13.5. The van der Waals surface area contributed by atoms with Crippen molar-refractivity contribution in [1.29, 1.82) is 5.26 Å². The van der Waals surface area contributed by atoms with Gasteiger partial charge in [-0.3, -0.25) is 9.59 Å². The lowest BCUT2D eigenvalue weighted by Gasteiger charge is -2.30. The third-order valence-electron chi connectivity index (χ3n) is 6.28. The van der Waals surface area contributed by atoms with Crippen LogP contribution in [0.3, 0.4) is 0 Å². The van der Waals surface area contributed by atoms with Crippen LogP contribution in [0, 0.1) is 25.2 Å². The minimum atomic E-state index is -0.705. The van der Waals surface area contributed by atoms with E-state index in [9.17, 15) is 14.9 Å². The first-order chi connectivity index (χ1) is 18.3. The number of rotatable bonds is 7. The minimum Gasteiger partial charge on any atom is -0.353 e. The van der Waals surface area contributed by atoms with Gasteiger partial charge in [0, 0.05) is 27.7 Å². The average Bonchev–Trinajstić information content (AvgIpc) is 2.90. The highest BCUT2D eigenvalue weighted by atomic mass is 35.5. The number of amides is 2. The lowest BCUT2D eigenvalue weighted by atomic mass is 9.82. The van der Waals surface area contributed by atoms with Crippen LogP contribution in [0.15, 0.2) is 94.7 Å². The van der Waals surface area contributed by atoms with Crippen LogP contribution < -0.4 is 16.0 Å². The number of carbonyl (C=O) groups is 2. The fourth-order valence-electron chi connectivity index (χ4n) is 4.22. The summed E-state index contributed by atoms with van der Waals surface area (Å²) < 4.78 is 0. The Morgan fingerprint density at radius 3 is 2.34 bits per heavy atom. The van der Waals surface area contributed by atoms with Gasteiger partial charge < -0.3 is 16.0 Å². The molecule has 0 bridgehead atoms. The minimum absolute atomic E-state index is 0.0779. The summed E-state index contributed by atoms with van der Waals surface area (Å²) in [5, 5.41) is 20.3. The van der Waals surface area contributed by atoms with Crippen molar-refractivity contribution in [3.63, 3.8) is 0 Å². The number of dihydropyridines is 1. The van der Waals surface area contributed by atoms with Crippen LogP contribution in [0.5, 0.6) is 0 Å². The number of anilines is 2. The second kappa shape index (κ2) is 12.0. The number of nitrogens with zero attached hydrogens (tertiary/aromatic N) is 1. The van der Waals surface area contributed by atoms with E-state index in [4.69, 9.17) is 11.6 Å². The fraction of sp³-hybridized carbons (Fsp3) is 0.167. The number of aryl methyl sites for hydroxylation is 2. The van der Waals surface area contributed by atoms with Crippen LogP contribution in [0.1, 0.15) is 29.5 Å². The first kappa shape index (κ1) is 27.1. The number of halogens is 1. The Morgan fingerprint density at radius 2 is 1.66 bits per heavy atom. The van der Waals surface area contributed by atoms with Gasteiger partial charge in [-0.1, -0.05) is 65.8 Å². The summed E-state index contributed by atoms with van der Waals surface area (Å²) in [7, 11) is 0. The Balaban J connectivity index is 1.63. The molecule has 6 nitrogen and oxygen atoms in total. The van der Waals surface area contributed by atoms with E-state index in [1.165, 1.54) is 11.8 Å². The zero-order valence-electron chi connectivity index (χ0n) is 21.3. The number of allylic oxidation sites excluding steroid dienone is 2. The van der Waals surface area contributed by atoms with E-state index >= 15 is 0 Å². The summed E-state index contributed by atoms with van der Waals surface area (Å²) in [5.41, 5.74) is 5.53. The van der Waals surface area contributed by atoms with Crippen LogP contribution in [0.4, 0.5) is 11.4 Å². The monoisotopic (exact) mass is 542 g/mol. The highest BCUT2D eigenvalue weighted by Gasteiger charge is 2.36. The molecule has 3 N–H and O–H groups in total. The van der Waals surface area contributed by atoms with Gasteiger partial charge in [-0.05, 0) is 67.8 Å². The van der Waals surface area contributed by atoms with Gasteiger partial charge in [-0.2, -0.15) is 5.26 Å². The molecule has 0 fully saturated rings. The van der Waals surface area contributed by atoms with Crippen molar-refractivity contribution in [3.05, 3.63) is 116 Å². The summed E-state index contributed by atoms with van der Waals surface area (Å²) in [6.45, 7) is 5.79. The van der Waals surface area contributed by atoms with Crippen molar-refractivity contribution >= 4 is 46.6 Å². The molecule has 1 atom stereocenters. The molecule has 2 amide bonds. The summed E-state index contributed by atoms with van der Waals surface area (Å²) in [6, 6.07) is 24.3. The molecular weight excluding hydrogens is 516 g/mol. The quantitative estimate of drug-likeness (QED) is 0.310. The van der Waals surface area contributed by atoms with Gasteiger partial charge in [-0.25, -0.2) is 0 Å². The third kappa shape index (κ3) is 6.10. The molecule has 0 aromatic heterocycles. The Hall–Kier alpha value is -3.99. The lowest BCUT2D eigenvalue weighted by molar-refractivity contribution is -0.114. The molecular formula is C30H27ClN4O2S. The predicted molar refractivity (Wildman–Crippen MR) is 155 cm³/mol. The molecule has 1 heterocycles. The topological polar surface area (TPSA) is 94.0 Å². The first-order valence-corrected chi connectivity index (χ1v) is 13.4. The number of nitriles is 1. The number of hydrogen-bond acceptors (Lipinski definition) is 5. The molecule has 0 aliphatic carbocycles. The predicted octanol–water partition coefficient (Wildman–Crippen LogP) is 6.66. The zero-order chi connectivity index (χ0) is 27.2. The van der Waals surface area contributed by atoms with Gasteiger partial charge in [-0.15, -0.1) is 0 Å². The Morgan fingerprint density at radius 1 is 0.947 bits per heavy atom. The summed E-state index contributed by atoms with van der Waals surface area (Å²) in [5.74, 6) is -1.16. The molecule has 1 aliphatic rings. The highest BCUT2D eigenvalue weighted by molar-refractivity contribution is 8.03. The molecule has 0 saturated heterocycles. The van der Waals surface area contributed by atoms with E-state index in [1.54, 1.807) is 31.2 Å². The molecule has 1 unspecified atom stereocenters. The van der Waals surface area contributed by atoms with Gasteiger partial charge in [0.1, 0.15) is 0 Å². The van der Waals surface area contributed by atoms with Crippen molar-refractivity contribution < 1.29 is 9.59 Å². The Labute approximate surface area is 231 Å². The molecule has 0 saturated carbocycles. The number of hydrogen-bond donors (Lipinski definition) is 3. The number of nitrogens with one attached hydrogen (secondary N) is 3. The van der Waals surface area contributed by atoms with E-state index in [0.29, 0.717) is 38.1 Å². The highest BCUT2D eigenvalue weighted by Crippen LogP contribution is 2.43. The van der Waals surface area contributed by atoms with Crippen LogP contribution >= 0.6 is 23.4 Å². The molecule has 8 heteroatoms. The van der Waals surface area contributed by atoms with Crippen LogP contribution in [-0.4, -0.2) is 17.6 Å². The second-order valence-electron chi connectivity index (χ2n) is 8.93. The van der Waals surface area contributed by atoms with Crippen molar-refractivity contribution in [2.45, 2.75) is 26.7 Å². The largest absolute Gasteiger partial charge is 0.353 e.